The average Bonchev–Trinajstić information content (AvgIpc) is 2.78. The van der Waals surface area contributed by atoms with Crippen LogP contribution in [0, 0.1) is 0 Å². The highest BCUT2D eigenvalue weighted by molar-refractivity contribution is 7.16. The van der Waals surface area contributed by atoms with Crippen LogP contribution < -0.4 is 5.73 Å². The number of rotatable bonds is 4. The van der Waals surface area contributed by atoms with Crippen molar-refractivity contribution < 1.29 is 0 Å². The maximum atomic E-state index is 6.40. The number of halogens is 1. The molecule has 2 unspecified atom stereocenters. The van der Waals surface area contributed by atoms with Crippen molar-refractivity contribution in [1.29, 1.82) is 0 Å². The first-order chi connectivity index (χ1) is 9.22. The molecule has 0 spiro atoms. The normalized spacial score (nSPS) is 21.6. The maximum Gasteiger partial charge on any atom is 0.0931 e. The summed E-state index contributed by atoms with van der Waals surface area (Å²) in [5.41, 5.74) is 6.40. The Hall–Kier alpha value is -0.0900. The molecule has 19 heavy (non-hydrogen) atoms. The van der Waals surface area contributed by atoms with E-state index in [1.54, 1.807) is 11.3 Å². The third-order valence-electron chi connectivity index (χ3n) is 4.05. The third kappa shape index (κ3) is 4.19. The highest BCUT2D eigenvalue weighted by atomic mass is 35.5. The zero-order valence-corrected chi connectivity index (χ0v) is 13.3. The van der Waals surface area contributed by atoms with Gasteiger partial charge in [0.2, 0.25) is 0 Å². The summed E-state index contributed by atoms with van der Waals surface area (Å²) in [6, 6.07) is 4.71. The van der Waals surface area contributed by atoms with Crippen molar-refractivity contribution in [2.75, 3.05) is 13.1 Å². The molecule has 1 aromatic rings. The van der Waals surface area contributed by atoms with E-state index in [4.69, 9.17) is 17.3 Å². The van der Waals surface area contributed by atoms with Crippen LogP contribution in [0.15, 0.2) is 12.1 Å². The Morgan fingerprint density at radius 1 is 1.21 bits per heavy atom. The van der Waals surface area contributed by atoms with Crippen molar-refractivity contribution in [3.05, 3.63) is 21.3 Å². The Balaban J connectivity index is 2.15. The van der Waals surface area contributed by atoms with Crippen molar-refractivity contribution in [2.45, 2.75) is 57.5 Å². The molecular formula is C15H25ClN2S. The van der Waals surface area contributed by atoms with Gasteiger partial charge in [0.25, 0.3) is 0 Å². The average molecular weight is 301 g/mol. The van der Waals surface area contributed by atoms with E-state index in [0.717, 1.165) is 10.8 Å². The first-order valence-corrected chi connectivity index (χ1v) is 8.66. The Kier molecular flexibility index (Phi) is 6.14. The van der Waals surface area contributed by atoms with Gasteiger partial charge < -0.3 is 5.73 Å². The molecule has 1 fully saturated rings. The fourth-order valence-electron chi connectivity index (χ4n) is 2.92. The third-order valence-corrected chi connectivity index (χ3v) is 5.35. The van der Waals surface area contributed by atoms with Crippen LogP contribution in [-0.4, -0.2) is 24.0 Å². The summed E-state index contributed by atoms with van der Waals surface area (Å²) in [6.45, 7) is 4.53. The van der Waals surface area contributed by atoms with Gasteiger partial charge in [-0.3, -0.25) is 4.90 Å². The molecule has 2 atom stereocenters. The number of likely N-dealkylation sites (tertiary alicyclic amines) is 1. The largest absolute Gasteiger partial charge is 0.326 e. The fourth-order valence-corrected chi connectivity index (χ4v) is 4.19. The van der Waals surface area contributed by atoms with E-state index in [0.29, 0.717) is 6.04 Å². The van der Waals surface area contributed by atoms with Crippen LogP contribution in [0.25, 0.3) is 0 Å². The van der Waals surface area contributed by atoms with Crippen molar-refractivity contribution in [3.8, 4) is 0 Å². The van der Waals surface area contributed by atoms with Gasteiger partial charge in [0.05, 0.1) is 10.4 Å². The number of thiophene rings is 1. The standard InChI is InChI=1S/C15H25ClN2S/c1-2-12(17)15(13-8-9-14(16)19-13)18-10-6-4-3-5-7-11-18/h8-9,12,15H,2-7,10-11,17H2,1H3. The van der Waals surface area contributed by atoms with Crippen molar-refractivity contribution in [3.63, 3.8) is 0 Å². The van der Waals surface area contributed by atoms with Gasteiger partial charge in [-0.25, -0.2) is 0 Å². The Bertz CT molecular complexity index is 372. The molecule has 4 heteroatoms. The van der Waals surface area contributed by atoms with Crippen molar-refractivity contribution >= 4 is 22.9 Å². The fraction of sp³-hybridized carbons (Fsp3) is 0.733. The molecule has 0 aliphatic carbocycles. The van der Waals surface area contributed by atoms with Gasteiger partial charge in [-0.2, -0.15) is 0 Å². The van der Waals surface area contributed by atoms with E-state index in [1.807, 2.05) is 6.07 Å². The van der Waals surface area contributed by atoms with E-state index >= 15 is 0 Å². The number of hydrogen-bond donors (Lipinski definition) is 1. The molecule has 2 N–H and O–H groups in total. The Morgan fingerprint density at radius 2 is 1.84 bits per heavy atom. The molecule has 1 aliphatic heterocycles. The molecule has 0 bridgehead atoms. The summed E-state index contributed by atoms with van der Waals surface area (Å²) >= 11 is 7.80. The molecule has 108 valence electrons. The second kappa shape index (κ2) is 7.63. The van der Waals surface area contributed by atoms with Gasteiger partial charge in [0.15, 0.2) is 0 Å². The zero-order chi connectivity index (χ0) is 13.7. The molecule has 0 saturated carbocycles. The number of hydrogen-bond acceptors (Lipinski definition) is 3. The highest BCUT2D eigenvalue weighted by Gasteiger charge is 2.27. The van der Waals surface area contributed by atoms with Gasteiger partial charge in [-0.15, -0.1) is 11.3 Å². The van der Waals surface area contributed by atoms with Crippen LogP contribution in [0.3, 0.4) is 0 Å². The topological polar surface area (TPSA) is 29.3 Å². The minimum absolute atomic E-state index is 0.203. The van der Waals surface area contributed by atoms with Crippen LogP contribution in [0.4, 0.5) is 0 Å². The van der Waals surface area contributed by atoms with Crippen LogP contribution in [0.5, 0.6) is 0 Å². The van der Waals surface area contributed by atoms with Gasteiger partial charge >= 0.3 is 0 Å². The first kappa shape index (κ1) is 15.3. The quantitative estimate of drug-likeness (QED) is 0.890. The summed E-state index contributed by atoms with van der Waals surface area (Å²) in [7, 11) is 0. The van der Waals surface area contributed by atoms with Crippen LogP contribution in [0.2, 0.25) is 4.34 Å². The predicted octanol–water partition coefficient (Wildman–Crippen LogP) is 4.45. The van der Waals surface area contributed by atoms with Crippen LogP contribution in [-0.2, 0) is 0 Å². The van der Waals surface area contributed by atoms with Crippen LogP contribution >= 0.6 is 22.9 Å². The van der Waals surface area contributed by atoms with E-state index in [1.165, 1.54) is 50.1 Å². The lowest BCUT2D eigenvalue weighted by Crippen LogP contribution is -2.41. The maximum absolute atomic E-state index is 6.40. The van der Waals surface area contributed by atoms with Gasteiger partial charge in [0, 0.05) is 10.9 Å². The second-order valence-electron chi connectivity index (χ2n) is 5.46. The first-order valence-electron chi connectivity index (χ1n) is 7.47. The molecule has 1 saturated heterocycles. The molecule has 0 radical (unpaired) electrons. The Labute approximate surface area is 125 Å². The summed E-state index contributed by atoms with van der Waals surface area (Å²) in [4.78, 5) is 3.93. The molecule has 0 amide bonds. The second-order valence-corrected chi connectivity index (χ2v) is 7.21. The molecule has 1 aliphatic rings. The summed E-state index contributed by atoms with van der Waals surface area (Å²) < 4.78 is 0.871. The molecular weight excluding hydrogens is 276 g/mol. The SMILES string of the molecule is CCC(N)C(c1ccc(Cl)s1)N1CCCCCCC1. The predicted molar refractivity (Wildman–Crippen MR) is 85.0 cm³/mol. The molecule has 0 aromatic carbocycles. The van der Waals surface area contributed by atoms with E-state index in [-0.39, 0.29) is 6.04 Å². The molecule has 2 heterocycles. The lowest BCUT2D eigenvalue weighted by molar-refractivity contribution is 0.157. The van der Waals surface area contributed by atoms with Gasteiger partial charge in [-0.1, -0.05) is 37.8 Å². The highest BCUT2D eigenvalue weighted by Crippen LogP contribution is 2.34. The molecule has 1 aromatic heterocycles. The minimum atomic E-state index is 0.203. The lowest BCUT2D eigenvalue weighted by Gasteiger charge is -2.35. The molecule has 2 nitrogen and oxygen atoms in total. The number of nitrogens with zero attached hydrogens (tertiary/aromatic N) is 1. The van der Waals surface area contributed by atoms with E-state index in [2.05, 4.69) is 17.9 Å². The lowest BCUT2D eigenvalue weighted by atomic mass is 10.00. The van der Waals surface area contributed by atoms with Gasteiger partial charge in [-0.05, 0) is 44.5 Å². The van der Waals surface area contributed by atoms with E-state index < -0.39 is 0 Å². The van der Waals surface area contributed by atoms with Gasteiger partial charge in [0.1, 0.15) is 0 Å². The summed E-state index contributed by atoms with van der Waals surface area (Å²) in [6.07, 6.45) is 7.71. The summed E-state index contributed by atoms with van der Waals surface area (Å²) in [5, 5.41) is 0. The van der Waals surface area contributed by atoms with Crippen LogP contribution in [0.1, 0.15) is 56.4 Å². The molecule has 2 rings (SSSR count). The Morgan fingerprint density at radius 3 is 2.37 bits per heavy atom. The monoisotopic (exact) mass is 300 g/mol. The number of nitrogens with two attached hydrogens (primary N) is 1. The minimum Gasteiger partial charge on any atom is -0.326 e. The van der Waals surface area contributed by atoms with Crippen molar-refractivity contribution in [2.24, 2.45) is 5.73 Å². The smallest absolute Gasteiger partial charge is 0.0931 e. The van der Waals surface area contributed by atoms with E-state index in [9.17, 15) is 0 Å². The summed E-state index contributed by atoms with van der Waals surface area (Å²) in [5.74, 6) is 0. The van der Waals surface area contributed by atoms with Crippen molar-refractivity contribution in [1.82, 2.24) is 4.90 Å². The zero-order valence-electron chi connectivity index (χ0n) is 11.8.